The van der Waals surface area contributed by atoms with Gasteiger partial charge in [0.1, 0.15) is 10.6 Å². The standard InChI is InChI=1S/C18H17Cl3N2O4S/c19-12-4-5-16(24)15(10-12)22-18(25)11-6-8-23(9-7-11)28(26,27)17-13(20)2-1-3-14(17)21/h1-5,10-11,24H,6-9H2,(H,22,25). The fraction of sp³-hybridized carbons (Fsp3) is 0.278. The summed E-state index contributed by atoms with van der Waals surface area (Å²) < 4.78 is 27.1. The molecule has 2 aromatic rings. The highest BCUT2D eigenvalue weighted by Gasteiger charge is 2.34. The summed E-state index contributed by atoms with van der Waals surface area (Å²) in [6, 6.07) is 8.87. The van der Waals surface area contributed by atoms with Gasteiger partial charge in [0.2, 0.25) is 15.9 Å². The van der Waals surface area contributed by atoms with Crippen LogP contribution in [0, 0.1) is 5.92 Å². The lowest BCUT2D eigenvalue weighted by Crippen LogP contribution is -2.41. The molecule has 0 saturated carbocycles. The molecule has 0 atom stereocenters. The molecular formula is C18H17Cl3N2O4S. The number of phenolic OH excluding ortho intramolecular Hbond substituents is 1. The Bertz CT molecular complexity index is 986. The summed E-state index contributed by atoms with van der Waals surface area (Å²) in [5, 5.41) is 13.0. The van der Waals surface area contributed by atoms with Crippen molar-refractivity contribution in [1.82, 2.24) is 4.31 Å². The third-order valence-corrected chi connectivity index (χ3v) is 7.65. The predicted octanol–water partition coefficient (Wildman–Crippen LogP) is 4.39. The predicted molar refractivity (Wildman–Crippen MR) is 110 cm³/mol. The van der Waals surface area contributed by atoms with Crippen molar-refractivity contribution < 1.29 is 18.3 Å². The van der Waals surface area contributed by atoms with E-state index in [2.05, 4.69) is 5.32 Å². The van der Waals surface area contributed by atoms with E-state index in [1.807, 2.05) is 0 Å². The average molecular weight is 464 g/mol. The van der Waals surface area contributed by atoms with Gasteiger partial charge in [0.25, 0.3) is 0 Å². The van der Waals surface area contributed by atoms with Gasteiger partial charge in [-0.3, -0.25) is 4.79 Å². The number of nitrogens with zero attached hydrogens (tertiary/aromatic N) is 1. The van der Waals surface area contributed by atoms with Crippen LogP contribution in [0.1, 0.15) is 12.8 Å². The quantitative estimate of drug-likeness (QED) is 0.658. The molecule has 0 radical (unpaired) electrons. The lowest BCUT2D eigenvalue weighted by Gasteiger charge is -2.31. The molecule has 3 rings (SSSR count). The van der Waals surface area contributed by atoms with Crippen molar-refractivity contribution in [3.8, 4) is 5.75 Å². The van der Waals surface area contributed by atoms with Gasteiger partial charge in [-0.1, -0.05) is 40.9 Å². The molecule has 0 spiro atoms. The summed E-state index contributed by atoms with van der Waals surface area (Å²) in [6.07, 6.45) is 0.656. The van der Waals surface area contributed by atoms with E-state index in [1.54, 1.807) is 6.07 Å². The lowest BCUT2D eigenvalue weighted by molar-refractivity contribution is -0.120. The first-order chi connectivity index (χ1) is 13.2. The molecule has 10 heteroatoms. The first-order valence-corrected chi connectivity index (χ1v) is 11.0. The monoisotopic (exact) mass is 462 g/mol. The second-order valence-electron chi connectivity index (χ2n) is 6.38. The van der Waals surface area contributed by atoms with E-state index in [1.165, 1.54) is 34.6 Å². The fourth-order valence-corrected chi connectivity index (χ4v) is 5.79. The Morgan fingerprint density at radius 1 is 1.07 bits per heavy atom. The maximum atomic E-state index is 12.9. The number of sulfonamides is 1. The first-order valence-electron chi connectivity index (χ1n) is 8.43. The second kappa shape index (κ2) is 8.47. The number of hydrogen-bond acceptors (Lipinski definition) is 4. The molecule has 1 saturated heterocycles. The molecular weight excluding hydrogens is 447 g/mol. The van der Waals surface area contributed by atoms with Gasteiger partial charge in [-0.25, -0.2) is 8.42 Å². The number of carbonyl (C=O) groups excluding carboxylic acids is 1. The first kappa shape index (κ1) is 21.2. The Labute approximate surface area is 178 Å². The van der Waals surface area contributed by atoms with Crippen molar-refractivity contribution in [2.75, 3.05) is 18.4 Å². The number of amides is 1. The van der Waals surface area contributed by atoms with Gasteiger partial charge in [-0.15, -0.1) is 0 Å². The van der Waals surface area contributed by atoms with E-state index in [9.17, 15) is 18.3 Å². The summed E-state index contributed by atoms with van der Waals surface area (Å²) in [6.45, 7) is 0.313. The molecule has 0 unspecified atom stereocenters. The molecule has 150 valence electrons. The zero-order valence-electron chi connectivity index (χ0n) is 14.5. The number of benzene rings is 2. The van der Waals surface area contributed by atoms with Crippen LogP contribution in [-0.4, -0.2) is 36.8 Å². The molecule has 1 amide bonds. The minimum absolute atomic E-state index is 0.0591. The number of phenols is 1. The number of piperidine rings is 1. The third kappa shape index (κ3) is 4.39. The van der Waals surface area contributed by atoms with E-state index in [-0.39, 0.29) is 45.4 Å². The van der Waals surface area contributed by atoms with Gasteiger partial charge in [0.05, 0.1) is 15.7 Å². The normalized spacial score (nSPS) is 16.1. The fourth-order valence-electron chi connectivity index (χ4n) is 3.06. The summed E-state index contributed by atoms with van der Waals surface area (Å²) in [5.41, 5.74) is 0.218. The van der Waals surface area contributed by atoms with Crippen molar-refractivity contribution >= 4 is 56.4 Å². The topological polar surface area (TPSA) is 86.7 Å². The summed E-state index contributed by atoms with van der Waals surface area (Å²) in [4.78, 5) is 12.4. The number of rotatable bonds is 4. The van der Waals surface area contributed by atoms with E-state index < -0.39 is 15.9 Å². The van der Waals surface area contributed by atoms with Crippen LogP contribution in [0.4, 0.5) is 5.69 Å². The molecule has 1 heterocycles. The average Bonchev–Trinajstić information content (AvgIpc) is 2.64. The van der Waals surface area contributed by atoms with Gasteiger partial charge in [0.15, 0.2) is 0 Å². The second-order valence-corrected chi connectivity index (χ2v) is 9.51. The van der Waals surface area contributed by atoms with Crippen LogP contribution in [0.2, 0.25) is 15.1 Å². The van der Waals surface area contributed by atoms with E-state index in [4.69, 9.17) is 34.8 Å². The summed E-state index contributed by atoms with van der Waals surface area (Å²) >= 11 is 18.0. The third-order valence-electron chi connectivity index (χ3n) is 4.56. The Hall–Kier alpha value is -1.51. The SMILES string of the molecule is O=C(Nc1cc(Cl)ccc1O)C1CCN(S(=O)(=O)c2c(Cl)cccc2Cl)CC1. The Morgan fingerprint density at radius 2 is 1.68 bits per heavy atom. The largest absolute Gasteiger partial charge is 0.506 e. The van der Waals surface area contributed by atoms with Gasteiger partial charge in [-0.2, -0.15) is 4.31 Å². The van der Waals surface area contributed by atoms with Gasteiger partial charge in [0, 0.05) is 24.0 Å². The maximum absolute atomic E-state index is 12.9. The van der Waals surface area contributed by atoms with Crippen molar-refractivity contribution in [2.24, 2.45) is 5.92 Å². The van der Waals surface area contributed by atoms with E-state index in [0.717, 1.165) is 0 Å². The molecule has 0 aliphatic carbocycles. The highest BCUT2D eigenvalue weighted by molar-refractivity contribution is 7.89. The van der Waals surface area contributed by atoms with Gasteiger partial charge in [-0.05, 0) is 43.2 Å². The maximum Gasteiger partial charge on any atom is 0.246 e. The highest BCUT2D eigenvalue weighted by atomic mass is 35.5. The van der Waals surface area contributed by atoms with Crippen molar-refractivity contribution in [2.45, 2.75) is 17.7 Å². The van der Waals surface area contributed by atoms with Crippen molar-refractivity contribution in [1.29, 1.82) is 0 Å². The van der Waals surface area contributed by atoms with Crippen LogP contribution < -0.4 is 5.32 Å². The van der Waals surface area contributed by atoms with Gasteiger partial charge < -0.3 is 10.4 Å². The van der Waals surface area contributed by atoms with E-state index >= 15 is 0 Å². The Balaban J connectivity index is 1.69. The molecule has 1 aliphatic heterocycles. The Kier molecular flexibility index (Phi) is 6.41. The summed E-state index contributed by atoms with van der Waals surface area (Å²) in [5.74, 6) is -0.789. The number of halogens is 3. The zero-order valence-corrected chi connectivity index (χ0v) is 17.6. The molecule has 1 aliphatic rings. The van der Waals surface area contributed by atoms with Crippen LogP contribution in [-0.2, 0) is 14.8 Å². The molecule has 1 fully saturated rings. The van der Waals surface area contributed by atoms with Crippen LogP contribution in [0.15, 0.2) is 41.3 Å². The molecule has 2 aromatic carbocycles. The smallest absolute Gasteiger partial charge is 0.246 e. The Morgan fingerprint density at radius 3 is 2.29 bits per heavy atom. The van der Waals surface area contributed by atoms with Crippen molar-refractivity contribution in [3.05, 3.63) is 51.5 Å². The van der Waals surface area contributed by atoms with Crippen LogP contribution in [0.25, 0.3) is 0 Å². The minimum Gasteiger partial charge on any atom is -0.506 e. The molecule has 2 N–H and O–H groups in total. The number of aromatic hydroxyl groups is 1. The van der Waals surface area contributed by atoms with E-state index in [0.29, 0.717) is 17.9 Å². The van der Waals surface area contributed by atoms with Crippen LogP contribution >= 0.6 is 34.8 Å². The van der Waals surface area contributed by atoms with Crippen LogP contribution in [0.3, 0.4) is 0 Å². The zero-order chi connectivity index (χ0) is 20.5. The molecule has 0 bridgehead atoms. The molecule has 6 nitrogen and oxygen atoms in total. The number of anilines is 1. The minimum atomic E-state index is -3.86. The van der Waals surface area contributed by atoms with Crippen LogP contribution in [0.5, 0.6) is 5.75 Å². The molecule has 28 heavy (non-hydrogen) atoms. The van der Waals surface area contributed by atoms with Gasteiger partial charge >= 0.3 is 0 Å². The number of carbonyl (C=O) groups is 1. The lowest BCUT2D eigenvalue weighted by atomic mass is 9.97. The summed E-state index contributed by atoms with van der Waals surface area (Å²) in [7, 11) is -3.86. The number of nitrogens with one attached hydrogen (secondary N) is 1. The van der Waals surface area contributed by atoms with Crippen molar-refractivity contribution in [3.63, 3.8) is 0 Å². The highest BCUT2D eigenvalue weighted by Crippen LogP contribution is 2.34. The molecule has 0 aromatic heterocycles. The number of hydrogen-bond donors (Lipinski definition) is 2.